The molecule has 7 nitrogen and oxygen atoms in total. The minimum absolute atomic E-state index is 0.0153. The summed E-state index contributed by atoms with van der Waals surface area (Å²) in [5.74, 6) is 0.0875. The first-order valence-electron chi connectivity index (χ1n) is 12.0. The number of hydrogen-bond acceptors (Lipinski definition) is 5. The van der Waals surface area contributed by atoms with Gasteiger partial charge in [0.05, 0.1) is 18.0 Å². The molecule has 2 aromatic carbocycles. The van der Waals surface area contributed by atoms with Crippen LogP contribution in [0.5, 0.6) is 5.75 Å². The van der Waals surface area contributed by atoms with E-state index >= 15 is 0 Å². The standard InChI is InChI=1S/C30H28N4O3/c1-5-15-33-29(35)26(21(4)27(17-31)30(33)36)16-23-18-34(24-9-7-6-8-10-24)32-28(23)22-11-13-25(14-12-22)37-19-20(2)3/h5-14,16,18,20H,1,15,19H2,2-4H3/b26-16+. The molecule has 0 N–H and O–H groups in total. The quantitative estimate of drug-likeness (QED) is 0.240. The van der Waals surface area contributed by atoms with Gasteiger partial charge in [0.15, 0.2) is 0 Å². The zero-order valence-corrected chi connectivity index (χ0v) is 21.1. The largest absolute Gasteiger partial charge is 0.493 e. The van der Waals surface area contributed by atoms with Crippen LogP contribution in [-0.4, -0.2) is 39.6 Å². The molecule has 0 saturated carbocycles. The van der Waals surface area contributed by atoms with E-state index in [1.54, 1.807) is 17.7 Å². The maximum Gasteiger partial charge on any atom is 0.271 e. The van der Waals surface area contributed by atoms with Crippen LogP contribution in [0, 0.1) is 17.2 Å². The highest BCUT2D eigenvalue weighted by molar-refractivity contribution is 6.19. The summed E-state index contributed by atoms with van der Waals surface area (Å²) in [6.07, 6.45) is 5.00. The Morgan fingerprint density at radius 3 is 2.41 bits per heavy atom. The molecule has 2 amide bonds. The number of amides is 2. The topological polar surface area (TPSA) is 88.2 Å². The van der Waals surface area contributed by atoms with E-state index in [4.69, 9.17) is 9.84 Å². The minimum Gasteiger partial charge on any atom is -0.493 e. The van der Waals surface area contributed by atoms with Gasteiger partial charge >= 0.3 is 0 Å². The lowest BCUT2D eigenvalue weighted by Gasteiger charge is -2.26. The Hall–Kier alpha value is -4.70. The van der Waals surface area contributed by atoms with Crippen LogP contribution in [0.3, 0.4) is 0 Å². The van der Waals surface area contributed by atoms with E-state index in [1.807, 2.05) is 66.9 Å². The summed E-state index contributed by atoms with van der Waals surface area (Å²) in [5, 5.41) is 14.5. The Kier molecular flexibility index (Phi) is 7.49. The second-order valence-electron chi connectivity index (χ2n) is 9.12. The first-order valence-corrected chi connectivity index (χ1v) is 12.0. The van der Waals surface area contributed by atoms with Gasteiger partial charge in [-0.2, -0.15) is 10.4 Å². The van der Waals surface area contributed by atoms with Crippen molar-refractivity contribution in [3.63, 3.8) is 0 Å². The highest BCUT2D eigenvalue weighted by Gasteiger charge is 2.35. The average Bonchev–Trinajstić information content (AvgIpc) is 3.33. The molecule has 3 aromatic rings. The summed E-state index contributed by atoms with van der Waals surface area (Å²) in [5.41, 5.74) is 3.57. The van der Waals surface area contributed by atoms with Gasteiger partial charge in [0.25, 0.3) is 11.8 Å². The third kappa shape index (κ3) is 5.29. The van der Waals surface area contributed by atoms with Gasteiger partial charge in [-0.3, -0.25) is 14.5 Å². The summed E-state index contributed by atoms with van der Waals surface area (Å²) in [4.78, 5) is 27.0. The molecule has 0 spiro atoms. The van der Waals surface area contributed by atoms with Gasteiger partial charge < -0.3 is 4.74 Å². The van der Waals surface area contributed by atoms with E-state index in [-0.39, 0.29) is 17.7 Å². The number of benzene rings is 2. The third-order valence-electron chi connectivity index (χ3n) is 5.91. The summed E-state index contributed by atoms with van der Waals surface area (Å²) < 4.78 is 7.56. The number of ether oxygens (including phenoxy) is 1. The molecule has 0 radical (unpaired) electrons. The lowest BCUT2D eigenvalue weighted by Crippen LogP contribution is -2.42. The number of carbonyl (C=O) groups excluding carboxylic acids is 2. The second-order valence-corrected chi connectivity index (χ2v) is 9.12. The fraction of sp³-hybridized carbons (Fsp3) is 0.200. The van der Waals surface area contributed by atoms with Crippen LogP contribution in [0.2, 0.25) is 0 Å². The van der Waals surface area contributed by atoms with E-state index in [0.717, 1.165) is 21.9 Å². The zero-order chi connectivity index (χ0) is 26.5. The minimum atomic E-state index is -0.612. The van der Waals surface area contributed by atoms with Crippen molar-refractivity contribution in [2.24, 2.45) is 5.92 Å². The fourth-order valence-electron chi connectivity index (χ4n) is 3.98. The number of para-hydroxylation sites is 1. The first kappa shape index (κ1) is 25.4. The molecule has 0 bridgehead atoms. The molecule has 0 saturated heterocycles. The Balaban J connectivity index is 1.84. The van der Waals surface area contributed by atoms with E-state index in [2.05, 4.69) is 20.4 Å². The zero-order valence-electron chi connectivity index (χ0n) is 21.1. The van der Waals surface area contributed by atoms with Gasteiger partial charge in [0.1, 0.15) is 17.4 Å². The van der Waals surface area contributed by atoms with E-state index in [9.17, 15) is 14.9 Å². The maximum atomic E-state index is 13.3. The van der Waals surface area contributed by atoms with Crippen LogP contribution in [-0.2, 0) is 9.59 Å². The predicted octanol–water partition coefficient (Wildman–Crippen LogP) is 5.35. The molecule has 1 aliphatic rings. The smallest absolute Gasteiger partial charge is 0.271 e. The molecule has 0 aliphatic carbocycles. The van der Waals surface area contributed by atoms with Crippen molar-refractivity contribution in [1.29, 1.82) is 5.26 Å². The molecular weight excluding hydrogens is 464 g/mol. The Morgan fingerprint density at radius 1 is 1.08 bits per heavy atom. The number of hydrogen-bond donors (Lipinski definition) is 0. The molecule has 0 atom stereocenters. The van der Waals surface area contributed by atoms with Gasteiger partial charge in [-0.25, -0.2) is 4.68 Å². The van der Waals surface area contributed by atoms with Crippen molar-refractivity contribution < 1.29 is 14.3 Å². The molecule has 2 heterocycles. The monoisotopic (exact) mass is 492 g/mol. The van der Waals surface area contributed by atoms with Crippen LogP contribution in [0.1, 0.15) is 26.3 Å². The maximum absolute atomic E-state index is 13.3. The highest BCUT2D eigenvalue weighted by Crippen LogP contribution is 2.31. The number of nitrogens with zero attached hydrogens (tertiary/aromatic N) is 4. The molecule has 37 heavy (non-hydrogen) atoms. The van der Waals surface area contributed by atoms with Gasteiger partial charge in [-0.05, 0) is 60.9 Å². The van der Waals surface area contributed by atoms with Crippen LogP contribution >= 0.6 is 0 Å². The molecule has 1 aromatic heterocycles. The summed E-state index contributed by atoms with van der Waals surface area (Å²) >= 11 is 0. The normalized spacial score (nSPS) is 14.9. The van der Waals surface area contributed by atoms with Crippen molar-refractivity contribution in [3.8, 4) is 28.8 Å². The van der Waals surface area contributed by atoms with Crippen LogP contribution in [0.4, 0.5) is 0 Å². The lowest BCUT2D eigenvalue weighted by molar-refractivity contribution is -0.139. The number of rotatable bonds is 8. The molecule has 186 valence electrons. The Labute approximate surface area is 216 Å². The molecule has 1 aliphatic heterocycles. The Morgan fingerprint density at radius 2 is 1.78 bits per heavy atom. The van der Waals surface area contributed by atoms with Crippen molar-refractivity contribution >= 4 is 17.9 Å². The van der Waals surface area contributed by atoms with E-state index in [1.165, 1.54) is 6.08 Å². The summed E-state index contributed by atoms with van der Waals surface area (Å²) in [6, 6.07) is 19.2. The van der Waals surface area contributed by atoms with Gasteiger partial charge in [-0.15, -0.1) is 6.58 Å². The number of aromatic nitrogens is 2. The van der Waals surface area contributed by atoms with Gasteiger partial charge in [0.2, 0.25) is 0 Å². The molecule has 7 heteroatoms. The first-order chi connectivity index (χ1) is 17.8. The van der Waals surface area contributed by atoms with Crippen molar-refractivity contribution in [2.75, 3.05) is 13.2 Å². The van der Waals surface area contributed by atoms with Crippen molar-refractivity contribution in [3.05, 3.63) is 95.7 Å². The molecule has 4 rings (SSSR count). The van der Waals surface area contributed by atoms with Crippen molar-refractivity contribution in [1.82, 2.24) is 14.7 Å². The van der Waals surface area contributed by atoms with Crippen molar-refractivity contribution in [2.45, 2.75) is 20.8 Å². The number of imide groups is 1. The van der Waals surface area contributed by atoms with E-state index < -0.39 is 11.8 Å². The average molecular weight is 493 g/mol. The summed E-state index contributed by atoms with van der Waals surface area (Å²) in [7, 11) is 0. The van der Waals surface area contributed by atoms with Gasteiger partial charge in [-0.1, -0.05) is 38.1 Å². The lowest BCUT2D eigenvalue weighted by atomic mass is 9.93. The highest BCUT2D eigenvalue weighted by atomic mass is 16.5. The molecule has 0 fully saturated rings. The van der Waals surface area contributed by atoms with Crippen LogP contribution in [0.15, 0.2) is 90.2 Å². The second kappa shape index (κ2) is 10.9. The molecule has 0 unspecified atom stereocenters. The summed E-state index contributed by atoms with van der Waals surface area (Å²) in [6.45, 7) is 10.1. The number of nitriles is 1. The third-order valence-corrected chi connectivity index (χ3v) is 5.91. The number of carbonyl (C=O) groups is 2. The van der Waals surface area contributed by atoms with E-state index in [0.29, 0.717) is 29.4 Å². The van der Waals surface area contributed by atoms with Gasteiger partial charge in [0, 0.05) is 29.4 Å². The van der Waals surface area contributed by atoms with Crippen LogP contribution < -0.4 is 4.74 Å². The molecular formula is C30H28N4O3. The predicted molar refractivity (Wildman–Crippen MR) is 143 cm³/mol. The van der Waals surface area contributed by atoms with Crippen LogP contribution in [0.25, 0.3) is 23.0 Å². The fourth-order valence-corrected chi connectivity index (χ4v) is 3.98. The SMILES string of the molecule is C=CCN1C(=O)C(C#N)=C(C)/C(=C\c2cn(-c3ccccc3)nc2-c2ccc(OCC(C)C)cc2)C1=O. The Bertz CT molecular complexity index is 1440.